The summed E-state index contributed by atoms with van der Waals surface area (Å²) in [6, 6.07) is 23.5. The van der Waals surface area contributed by atoms with E-state index in [1.54, 1.807) is 31.3 Å². The van der Waals surface area contributed by atoms with Gasteiger partial charge in [-0.2, -0.15) is 0 Å². The number of amides is 1. The summed E-state index contributed by atoms with van der Waals surface area (Å²) in [6.45, 7) is 0. The molecular formula is C26H24N2O4S. The topological polar surface area (TPSA) is 68.2 Å². The maximum absolute atomic E-state index is 13.4. The van der Waals surface area contributed by atoms with Crippen LogP contribution in [0.1, 0.15) is 15.9 Å². The van der Waals surface area contributed by atoms with Crippen molar-refractivity contribution in [2.24, 2.45) is 4.99 Å². The van der Waals surface area contributed by atoms with Gasteiger partial charge in [0.25, 0.3) is 5.91 Å². The van der Waals surface area contributed by atoms with E-state index in [1.165, 1.54) is 11.8 Å². The average Bonchev–Trinajstić information content (AvgIpc) is 3.18. The summed E-state index contributed by atoms with van der Waals surface area (Å²) in [6.07, 6.45) is 0.416. The molecule has 0 N–H and O–H groups in total. The first-order valence-electron chi connectivity index (χ1n) is 10.5. The molecule has 4 rings (SSSR count). The minimum Gasteiger partial charge on any atom is -0.493 e. The fraction of sp³-hybridized carbons (Fsp3) is 0.192. The Morgan fingerprint density at radius 3 is 2.27 bits per heavy atom. The van der Waals surface area contributed by atoms with Crippen LogP contribution in [-0.2, 0) is 11.2 Å². The van der Waals surface area contributed by atoms with Gasteiger partial charge < -0.3 is 9.47 Å². The molecule has 1 heterocycles. The lowest BCUT2D eigenvalue weighted by Gasteiger charge is -2.19. The SMILES string of the molecule is COc1ccc(C[C@@H]2N=C(SCC(=O)c3ccccc3)N(c3ccccc3)C2=O)cc1OC. The van der Waals surface area contributed by atoms with Gasteiger partial charge in [0.15, 0.2) is 22.4 Å². The number of hydrogen-bond acceptors (Lipinski definition) is 6. The van der Waals surface area contributed by atoms with Crippen LogP contribution in [0, 0.1) is 0 Å². The van der Waals surface area contributed by atoms with E-state index in [-0.39, 0.29) is 17.4 Å². The van der Waals surface area contributed by atoms with E-state index in [0.717, 1.165) is 11.3 Å². The van der Waals surface area contributed by atoms with Gasteiger partial charge in [-0.1, -0.05) is 66.4 Å². The lowest BCUT2D eigenvalue weighted by molar-refractivity contribution is -0.118. The van der Waals surface area contributed by atoms with Gasteiger partial charge in [-0.3, -0.25) is 14.5 Å². The van der Waals surface area contributed by atoms with Gasteiger partial charge in [-0.05, 0) is 29.8 Å². The van der Waals surface area contributed by atoms with Gasteiger partial charge in [0.1, 0.15) is 6.04 Å². The largest absolute Gasteiger partial charge is 0.493 e. The molecule has 0 bridgehead atoms. The predicted octanol–water partition coefficient (Wildman–Crippen LogP) is 4.63. The molecule has 1 atom stereocenters. The van der Waals surface area contributed by atoms with Crippen LogP contribution >= 0.6 is 11.8 Å². The molecule has 0 aliphatic carbocycles. The van der Waals surface area contributed by atoms with Gasteiger partial charge in [0, 0.05) is 12.0 Å². The van der Waals surface area contributed by atoms with E-state index >= 15 is 0 Å². The van der Waals surface area contributed by atoms with Gasteiger partial charge in [0.2, 0.25) is 0 Å². The van der Waals surface area contributed by atoms with Crippen molar-refractivity contribution >= 4 is 34.3 Å². The number of amidine groups is 1. The number of benzene rings is 3. The summed E-state index contributed by atoms with van der Waals surface area (Å²) < 4.78 is 10.7. The van der Waals surface area contributed by atoms with Crippen molar-refractivity contribution < 1.29 is 19.1 Å². The van der Waals surface area contributed by atoms with Crippen LogP contribution in [-0.4, -0.2) is 42.9 Å². The molecule has 7 heteroatoms. The fourth-order valence-electron chi connectivity index (χ4n) is 3.61. The Labute approximate surface area is 197 Å². The summed E-state index contributed by atoms with van der Waals surface area (Å²) in [4.78, 5) is 32.3. The number of carbonyl (C=O) groups is 2. The summed E-state index contributed by atoms with van der Waals surface area (Å²) in [5.74, 6) is 1.30. The minimum atomic E-state index is -0.586. The highest BCUT2D eigenvalue weighted by Crippen LogP contribution is 2.31. The third-order valence-corrected chi connectivity index (χ3v) is 6.24. The number of ether oxygens (including phenoxy) is 2. The molecule has 3 aromatic rings. The molecule has 168 valence electrons. The molecule has 0 saturated carbocycles. The van der Waals surface area contributed by atoms with Crippen LogP contribution in [0.2, 0.25) is 0 Å². The molecule has 0 fully saturated rings. The van der Waals surface area contributed by atoms with Gasteiger partial charge >= 0.3 is 0 Å². The predicted molar refractivity (Wildman–Crippen MR) is 132 cm³/mol. The van der Waals surface area contributed by atoms with Crippen molar-refractivity contribution in [3.8, 4) is 11.5 Å². The third-order valence-electron chi connectivity index (χ3n) is 5.28. The van der Waals surface area contributed by atoms with Gasteiger partial charge in [-0.15, -0.1) is 0 Å². The Hall–Kier alpha value is -3.58. The number of carbonyl (C=O) groups excluding carboxylic acids is 2. The highest BCUT2D eigenvalue weighted by Gasteiger charge is 2.36. The number of nitrogens with zero attached hydrogens (tertiary/aromatic N) is 2. The second-order valence-corrected chi connectivity index (χ2v) is 8.35. The van der Waals surface area contributed by atoms with Gasteiger partial charge in [-0.25, -0.2) is 4.99 Å². The van der Waals surface area contributed by atoms with E-state index in [9.17, 15) is 9.59 Å². The first-order chi connectivity index (χ1) is 16.1. The molecular weight excluding hydrogens is 436 g/mol. The first-order valence-corrected chi connectivity index (χ1v) is 11.5. The van der Waals surface area contributed by atoms with Crippen LogP contribution in [0.5, 0.6) is 11.5 Å². The Bertz CT molecular complexity index is 1170. The summed E-state index contributed by atoms with van der Waals surface area (Å²) in [5, 5.41) is 0.529. The van der Waals surface area contributed by atoms with Crippen LogP contribution in [0.4, 0.5) is 5.69 Å². The molecule has 0 radical (unpaired) electrons. The van der Waals surface area contributed by atoms with Crippen molar-refractivity contribution in [3.63, 3.8) is 0 Å². The van der Waals surface area contributed by atoms with Crippen LogP contribution < -0.4 is 14.4 Å². The number of anilines is 1. The molecule has 33 heavy (non-hydrogen) atoms. The van der Waals surface area contributed by atoms with Crippen molar-refractivity contribution in [3.05, 3.63) is 90.0 Å². The highest BCUT2D eigenvalue weighted by atomic mass is 32.2. The Morgan fingerprint density at radius 1 is 0.939 bits per heavy atom. The van der Waals surface area contributed by atoms with E-state index in [1.807, 2.05) is 66.7 Å². The monoisotopic (exact) mass is 460 g/mol. The molecule has 0 unspecified atom stereocenters. The lowest BCUT2D eigenvalue weighted by atomic mass is 10.1. The number of ketones is 1. The zero-order chi connectivity index (χ0) is 23.2. The summed E-state index contributed by atoms with van der Waals surface area (Å²) >= 11 is 1.28. The van der Waals surface area contributed by atoms with Crippen molar-refractivity contribution in [2.45, 2.75) is 12.5 Å². The minimum absolute atomic E-state index is 0.00731. The molecule has 6 nitrogen and oxygen atoms in total. The quantitative estimate of drug-likeness (QED) is 0.459. The smallest absolute Gasteiger partial charge is 0.258 e. The average molecular weight is 461 g/mol. The second-order valence-electron chi connectivity index (χ2n) is 7.41. The summed E-state index contributed by atoms with van der Waals surface area (Å²) in [5.41, 5.74) is 2.29. The number of para-hydroxylation sites is 1. The Kier molecular flexibility index (Phi) is 7.10. The first kappa shape index (κ1) is 22.6. The van der Waals surface area contributed by atoms with E-state index in [0.29, 0.717) is 28.7 Å². The molecule has 3 aromatic carbocycles. The van der Waals surface area contributed by atoms with Crippen molar-refractivity contribution in [2.75, 3.05) is 24.9 Å². The Morgan fingerprint density at radius 2 is 1.61 bits per heavy atom. The Balaban J connectivity index is 1.57. The molecule has 1 amide bonds. The van der Waals surface area contributed by atoms with Crippen LogP contribution in [0.15, 0.2) is 83.9 Å². The van der Waals surface area contributed by atoms with Crippen LogP contribution in [0.3, 0.4) is 0 Å². The van der Waals surface area contributed by atoms with E-state index < -0.39 is 6.04 Å². The molecule has 0 aromatic heterocycles. The zero-order valence-corrected chi connectivity index (χ0v) is 19.2. The molecule has 1 aliphatic rings. The maximum Gasteiger partial charge on any atom is 0.258 e. The standard InChI is InChI=1S/C26H24N2O4S/c1-31-23-14-13-18(16-24(23)32-2)15-21-25(30)28(20-11-7-4-8-12-20)26(27-21)33-17-22(29)19-9-5-3-6-10-19/h3-14,16,21H,15,17H2,1-2H3/t21-/m0/s1. The number of hydrogen-bond donors (Lipinski definition) is 0. The maximum atomic E-state index is 13.4. The number of Topliss-reactive ketones (excluding diaryl/α,β-unsaturated/α-hetero) is 1. The number of rotatable bonds is 8. The van der Waals surface area contributed by atoms with Crippen molar-refractivity contribution in [1.82, 2.24) is 0 Å². The van der Waals surface area contributed by atoms with Crippen LogP contribution in [0.25, 0.3) is 0 Å². The fourth-order valence-corrected chi connectivity index (χ4v) is 4.56. The highest BCUT2D eigenvalue weighted by molar-refractivity contribution is 8.14. The van der Waals surface area contributed by atoms with Gasteiger partial charge in [0.05, 0.1) is 25.7 Å². The normalized spacial score (nSPS) is 15.3. The zero-order valence-electron chi connectivity index (χ0n) is 18.4. The number of aliphatic imine (C=N–C) groups is 1. The molecule has 0 spiro atoms. The van der Waals surface area contributed by atoms with E-state index in [2.05, 4.69) is 0 Å². The van der Waals surface area contributed by atoms with E-state index in [4.69, 9.17) is 14.5 Å². The molecule has 0 saturated heterocycles. The second kappa shape index (κ2) is 10.4. The lowest BCUT2D eigenvalue weighted by Crippen LogP contribution is -2.35. The third kappa shape index (κ3) is 5.09. The number of methoxy groups -OCH3 is 2. The summed E-state index contributed by atoms with van der Waals surface area (Å²) in [7, 11) is 3.16. The van der Waals surface area contributed by atoms with Crippen molar-refractivity contribution in [1.29, 1.82) is 0 Å². The molecule has 1 aliphatic heterocycles. The number of thioether (sulfide) groups is 1.